The Bertz CT molecular complexity index is 1030. The van der Waals surface area contributed by atoms with Crippen molar-refractivity contribution >= 4 is 29.0 Å². The molecule has 1 amide bonds. The molecule has 1 heterocycles. The molecule has 0 atom stereocenters. The number of nitrogens with one attached hydrogen (secondary N) is 2. The zero-order valence-corrected chi connectivity index (χ0v) is 15.2. The number of aromatic nitrogens is 2. The van der Waals surface area contributed by atoms with Crippen LogP contribution in [-0.4, -0.2) is 22.5 Å². The number of nitrogens with two attached hydrogens (primary N) is 1. The highest BCUT2D eigenvalue weighted by molar-refractivity contribution is 5.75. The van der Waals surface area contributed by atoms with Crippen LogP contribution in [0.15, 0.2) is 54.7 Å². The van der Waals surface area contributed by atoms with Gasteiger partial charge in [0.1, 0.15) is 5.75 Å². The highest BCUT2D eigenvalue weighted by Gasteiger charge is 2.08. The summed E-state index contributed by atoms with van der Waals surface area (Å²) in [6.45, 7) is -0.222. The van der Waals surface area contributed by atoms with Crippen LogP contribution in [0.3, 0.4) is 0 Å². The van der Waals surface area contributed by atoms with Crippen molar-refractivity contribution in [3.05, 3.63) is 66.1 Å². The third-order valence-corrected chi connectivity index (χ3v) is 3.74. The van der Waals surface area contributed by atoms with Crippen LogP contribution in [0.1, 0.15) is 5.56 Å². The van der Waals surface area contributed by atoms with Crippen LogP contribution < -0.4 is 21.1 Å². The number of amides is 1. The third kappa shape index (κ3) is 5.64. The Morgan fingerprint density at radius 1 is 1.10 bits per heavy atom. The minimum absolute atomic E-state index is 0.00518. The van der Waals surface area contributed by atoms with Crippen molar-refractivity contribution in [2.24, 2.45) is 5.73 Å². The van der Waals surface area contributed by atoms with Crippen LogP contribution >= 0.6 is 0 Å². The topological polar surface area (TPSA) is 126 Å². The highest BCUT2D eigenvalue weighted by atomic mass is 19.1. The lowest BCUT2D eigenvalue weighted by atomic mass is 10.1. The number of primary amides is 1. The summed E-state index contributed by atoms with van der Waals surface area (Å²) in [4.78, 5) is 18.8. The zero-order valence-electron chi connectivity index (χ0n) is 15.2. The van der Waals surface area contributed by atoms with Gasteiger partial charge in [-0.3, -0.25) is 4.79 Å². The number of halogens is 1. The van der Waals surface area contributed by atoms with E-state index >= 15 is 0 Å². The molecule has 8 nitrogen and oxygen atoms in total. The normalized spacial score (nSPS) is 10.1. The van der Waals surface area contributed by atoms with Crippen LogP contribution in [0.2, 0.25) is 0 Å². The number of anilines is 4. The summed E-state index contributed by atoms with van der Waals surface area (Å²) in [7, 11) is 0. The quantitative estimate of drug-likeness (QED) is 0.538. The third-order valence-electron chi connectivity index (χ3n) is 3.74. The van der Waals surface area contributed by atoms with Gasteiger partial charge in [-0.05, 0) is 42.0 Å². The molecule has 1 aromatic heterocycles. The van der Waals surface area contributed by atoms with E-state index in [0.29, 0.717) is 23.5 Å². The SMILES string of the molecule is N#CCc1ccc(Nc2ncc(F)c(Nc3ccc(OCC(N)=O)cc3)n2)cc1. The molecule has 0 bridgehead atoms. The number of carbonyl (C=O) groups excluding carboxylic acids is 1. The monoisotopic (exact) mass is 392 g/mol. The molecule has 0 fully saturated rings. The first-order valence-electron chi connectivity index (χ1n) is 8.57. The second-order valence-electron chi connectivity index (χ2n) is 5.95. The summed E-state index contributed by atoms with van der Waals surface area (Å²) in [6, 6.07) is 15.8. The maximum atomic E-state index is 14.1. The standard InChI is InChI=1S/C20H17FN6O2/c21-17-11-24-20(26-15-3-1-13(2-4-15)9-10-22)27-19(17)25-14-5-7-16(8-6-14)29-12-18(23)28/h1-8,11H,9,12H2,(H2,23,28)(H2,24,25,26,27). The number of nitriles is 1. The van der Waals surface area contributed by atoms with Crippen LogP contribution in [0, 0.1) is 17.1 Å². The number of ether oxygens (including phenoxy) is 1. The summed E-state index contributed by atoms with van der Waals surface area (Å²) >= 11 is 0. The van der Waals surface area contributed by atoms with Gasteiger partial charge in [-0.15, -0.1) is 0 Å². The van der Waals surface area contributed by atoms with Gasteiger partial charge in [0.15, 0.2) is 18.2 Å². The molecule has 0 aliphatic rings. The van der Waals surface area contributed by atoms with Gasteiger partial charge in [0.2, 0.25) is 5.95 Å². The van der Waals surface area contributed by atoms with E-state index < -0.39 is 11.7 Å². The lowest BCUT2D eigenvalue weighted by Gasteiger charge is -2.10. The maximum absolute atomic E-state index is 14.1. The van der Waals surface area contributed by atoms with E-state index in [-0.39, 0.29) is 18.4 Å². The fourth-order valence-corrected chi connectivity index (χ4v) is 2.37. The molecule has 29 heavy (non-hydrogen) atoms. The number of rotatable bonds is 8. The zero-order chi connectivity index (χ0) is 20.6. The van der Waals surface area contributed by atoms with Gasteiger partial charge in [-0.2, -0.15) is 10.2 Å². The smallest absolute Gasteiger partial charge is 0.255 e. The van der Waals surface area contributed by atoms with Gasteiger partial charge >= 0.3 is 0 Å². The van der Waals surface area contributed by atoms with E-state index in [1.807, 2.05) is 12.1 Å². The van der Waals surface area contributed by atoms with E-state index in [0.717, 1.165) is 11.8 Å². The van der Waals surface area contributed by atoms with Crippen LogP contribution in [0.4, 0.5) is 27.5 Å². The van der Waals surface area contributed by atoms with E-state index in [2.05, 4.69) is 26.7 Å². The van der Waals surface area contributed by atoms with E-state index in [1.165, 1.54) is 0 Å². The highest BCUT2D eigenvalue weighted by Crippen LogP contribution is 2.22. The largest absolute Gasteiger partial charge is 0.484 e. The molecular formula is C20H17FN6O2. The molecule has 0 saturated heterocycles. The van der Waals surface area contributed by atoms with Gasteiger partial charge in [0.25, 0.3) is 5.91 Å². The number of carbonyl (C=O) groups is 1. The summed E-state index contributed by atoms with van der Waals surface area (Å²) < 4.78 is 19.3. The fraction of sp³-hybridized carbons (Fsp3) is 0.100. The number of hydrogen-bond donors (Lipinski definition) is 3. The molecule has 0 aliphatic heterocycles. The predicted octanol–water partition coefficient (Wildman–Crippen LogP) is 3.03. The Hall–Kier alpha value is -4.19. The molecule has 146 valence electrons. The lowest BCUT2D eigenvalue weighted by molar-refractivity contribution is -0.119. The Morgan fingerprint density at radius 2 is 1.76 bits per heavy atom. The molecule has 0 aliphatic carbocycles. The first-order valence-corrected chi connectivity index (χ1v) is 8.57. The minimum atomic E-state index is -0.617. The van der Waals surface area contributed by atoms with Crippen molar-refractivity contribution in [3.8, 4) is 11.8 Å². The predicted molar refractivity (Wildman–Crippen MR) is 105 cm³/mol. The van der Waals surface area contributed by atoms with Crippen molar-refractivity contribution < 1.29 is 13.9 Å². The first kappa shape index (κ1) is 19.6. The second kappa shape index (κ2) is 9.14. The van der Waals surface area contributed by atoms with Gasteiger partial charge in [-0.1, -0.05) is 12.1 Å². The Balaban J connectivity index is 1.68. The van der Waals surface area contributed by atoms with Gasteiger partial charge in [0.05, 0.1) is 18.7 Å². The molecule has 2 aromatic carbocycles. The summed E-state index contributed by atoms with van der Waals surface area (Å²) in [5.74, 6) is -0.526. The number of nitrogens with zero attached hydrogens (tertiary/aromatic N) is 3. The van der Waals surface area contributed by atoms with Crippen LogP contribution in [-0.2, 0) is 11.2 Å². The van der Waals surface area contributed by atoms with Crippen molar-refractivity contribution in [2.75, 3.05) is 17.2 Å². The van der Waals surface area contributed by atoms with E-state index in [9.17, 15) is 9.18 Å². The van der Waals surface area contributed by atoms with Crippen molar-refractivity contribution in [2.45, 2.75) is 6.42 Å². The Kier molecular flexibility index (Phi) is 6.17. The molecule has 0 unspecified atom stereocenters. The van der Waals surface area contributed by atoms with Crippen molar-refractivity contribution in [3.63, 3.8) is 0 Å². The summed E-state index contributed by atoms with van der Waals surface area (Å²) in [6.07, 6.45) is 1.39. The Labute approximate surface area is 166 Å². The molecule has 9 heteroatoms. The van der Waals surface area contributed by atoms with Crippen LogP contribution in [0.25, 0.3) is 0 Å². The average molecular weight is 392 g/mol. The van der Waals surface area contributed by atoms with Crippen molar-refractivity contribution in [1.29, 1.82) is 5.26 Å². The molecular weight excluding hydrogens is 375 g/mol. The van der Waals surface area contributed by atoms with E-state index in [4.69, 9.17) is 15.7 Å². The summed E-state index contributed by atoms with van der Waals surface area (Å²) in [5, 5.41) is 14.6. The maximum Gasteiger partial charge on any atom is 0.255 e. The van der Waals surface area contributed by atoms with Crippen molar-refractivity contribution in [1.82, 2.24) is 9.97 Å². The van der Waals surface area contributed by atoms with Gasteiger partial charge in [0, 0.05) is 11.4 Å². The van der Waals surface area contributed by atoms with Gasteiger partial charge < -0.3 is 21.1 Å². The average Bonchev–Trinajstić information content (AvgIpc) is 2.71. The molecule has 0 spiro atoms. The van der Waals surface area contributed by atoms with Gasteiger partial charge in [-0.25, -0.2) is 9.37 Å². The number of benzene rings is 2. The van der Waals surface area contributed by atoms with E-state index in [1.54, 1.807) is 36.4 Å². The van der Waals surface area contributed by atoms with Crippen LogP contribution in [0.5, 0.6) is 5.75 Å². The lowest BCUT2D eigenvalue weighted by Crippen LogP contribution is -2.19. The fourth-order valence-electron chi connectivity index (χ4n) is 2.37. The molecule has 0 saturated carbocycles. The first-order chi connectivity index (χ1) is 14.0. The number of hydrogen-bond acceptors (Lipinski definition) is 7. The molecule has 3 rings (SSSR count). The molecule has 3 aromatic rings. The molecule has 0 radical (unpaired) electrons. The minimum Gasteiger partial charge on any atom is -0.484 e. The second-order valence-corrected chi connectivity index (χ2v) is 5.95. The molecule has 4 N–H and O–H groups in total. The summed E-state index contributed by atoms with van der Waals surface area (Å²) in [5.41, 5.74) is 7.20. The Morgan fingerprint density at radius 3 is 2.41 bits per heavy atom.